The Morgan fingerprint density at radius 1 is 1.00 bits per heavy atom. The Morgan fingerprint density at radius 2 is 1.65 bits per heavy atom. The van der Waals surface area contributed by atoms with Gasteiger partial charge in [-0.05, 0) is 37.1 Å². The molecular formula is C18H15ClN2O2. The van der Waals surface area contributed by atoms with Gasteiger partial charge in [0.1, 0.15) is 6.54 Å². The number of fused-ring (bicyclic) bond motifs is 1. The number of hydrogen-bond donors (Lipinski definition) is 0. The number of amides is 2. The fraction of sp³-hybridized carbons (Fsp3) is 0.222. The van der Waals surface area contributed by atoms with E-state index in [0.29, 0.717) is 10.6 Å². The van der Waals surface area contributed by atoms with E-state index in [4.69, 9.17) is 11.6 Å². The molecule has 0 atom stereocenters. The fourth-order valence-electron chi connectivity index (χ4n) is 3.02. The first-order valence-electron chi connectivity index (χ1n) is 7.64. The largest absolute Gasteiger partial charge is 0.306 e. The van der Waals surface area contributed by atoms with Crippen molar-refractivity contribution in [3.63, 3.8) is 0 Å². The van der Waals surface area contributed by atoms with Gasteiger partial charge in [0.05, 0.1) is 22.0 Å². The van der Waals surface area contributed by atoms with E-state index in [9.17, 15) is 9.59 Å². The molecule has 1 aliphatic carbocycles. The number of halogens is 1. The number of benzene rings is 2. The highest BCUT2D eigenvalue weighted by Crippen LogP contribution is 2.41. The van der Waals surface area contributed by atoms with E-state index in [0.717, 1.165) is 24.2 Å². The Bertz CT molecular complexity index is 801. The molecule has 0 spiro atoms. The fourth-order valence-corrected chi connectivity index (χ4v) is 3.24. The van der Waals surface area contributed by atoms with Gasteiger partial charge < -0.3 is 4.90 Å². The van der Waals surface area contributed by atoms with Gasteiger partial charge in [0.2, 0.25) is 5.91 Å². The quantitative estimate of drug-likeness (QED) is 0.847. The zero-order chi connectivity index (χ0) is 16.0. The Balaban J connectivity index is 1.78. The van der Waals surface area contributed by atoms with E-state index in [1.54, 1.807) is 24.3 Å². The van der Waals surface area contributed by atoms with Gasteiger partial charge in [-0.25, -0.2) is 0 Å². The SMILES string of the molecule is O=C(c1ccccc1Cl)N1CC(=O)N(C2CC2)c2ccccc21. The molecule has 23 heavy (non-hydrogen) atoms. The summed E-state index contributed by atoms with van der Waals surface area (Å²) in [7, 11) is 0. The molecule has 1 aliphatic heterocycles. The molecule has 0 radical (unpaired) electrons. The summed E-state index contributed by atoms with van der Waals surface area (Å²) in [6.45, 7) is 0.0531. The number of anilines is 2. The van der Waals surface area contributed by atoms with E-state index in [1.165, 1.54) is 4.90 Å². The van der Waals surface area contributed by atoms with Gasteiger partial charge in [-0.3, -0.25) is 14.5 Å². The number of carbonyl (C=O) groups is 2. The molecule has 4 nitrogen and oxygen atoms in total. The third-order valence-corrected chi connectivity index (χ3v) is 4.59. The molecular weight excluding hydrogens is 312 g/mol. The molecule has 1 heterocycles. The molecule has 5 heteroatoms. The van der Waals surface area contributed by atoms with Crippen molar-refractivity contribution in [1.29, 1.82) is 0 Å². The predicted octanol–water partition coefficient (Wildman–Crippen LogP) is 3.50. The second kappa shape index (κ2) is 5.39. The molecule has 1 saturated carbocycles. The van der Waals surface area contributed by atoms with Gasteiger partial charge in [-0.2, -0.15) is 0 Å². The van der Waals surface area contributed by atoms with E-state index < -0.39 is 0 Å². The Kier molecular flexibility index (Phi) is 3.34. The second-order valence-electron chi connectivity index (χ2n) is 5.85. The van der Waals surface area contributed by atoms with Crippen molar-refractivity contribution in [1.82, 2.24) is 0 Å². The van der Waals surface area contributed by atoms with Crippen LogP contribution in [-0.2, 0) is 4.79 Å². The maximum atomic E-state index is 12.9. The maximum Gasteiger partial charge on any atom is 0.260 e. The zero-order valence-corrected chi connectivity index (χ0v) is 13.2. The lowest BCUT2D eigenvalue weighted by atomic mass is 10.1. The maximum absolute atomic E-state index is 12.9. The van der Waals surface area contributed by atoms with Crippen LogP contribution in [-0.4, -0.2) is 24.4 Å². The molecule has 0 N–H and O–H groups in total. The van der Waals surface area contributed by atoms with Crippen LogP contribution in [0.3, 0.4) is 0 Å². The molecule has 4 rings (SSSR count). The summed E-state index contributed by atoms with van der Waals surface area (Å²) in [5.74, 6) is -0.279. The van der Waals surface area contributed by atoms with E-state index >= 15 is 0 Å². The van der Waals surface area contributed by atoms with Crippen LogP contribution >= 0.6 is 11.6 Å². The standard InChI is InChI=1S/C18H15ClN2O2/c19-14-6-2-1-5-13(14)18(23)20-11-17(22)21(12-9-10-12)16-8-4-3-7-15(16)20/h1-8,12H,9-11H2. The van der Waals surface area contributed by atoms with Crippen LogP contribution in [0, 0.1) is 0 Å². The number of nitrogens with zero attached hydrogens (tertiary/aromatic N) is 2. The van der Waals surface area contributed by atoms with Gasteiger partial charge >= 0.3 is 0 Å². The average molecular weight is 327 g/mol. The van der Waals surface area contributed by atoms with Gasteiger partial charge in [-0.1, -0.05) is 35.9 Å². The minimum Gasteiger partial charge on any atom is -0.306 e. The number of carbonyl (C=O) groups excluding carboxylic acids is 2. The first kappa shape index (κ1) is 14.3. The van der Waals surface area contributed by atoms with Crippen LogP contribution in [0.2, 0.25) is 5.02 Å². The molecule has 2 aromatic carbocycles. The summed E-state index contributed by atoms with van der Waals surface area (Å²) in [6.07, 6.45) is 2.05. The topological polar surface area (TPSA) is 40.6 Å². The van der Waals surface area contributed by atoms with Crippen LogP contribution in [0.15, 0.2) is 48.5 Å². The Morgan fingerprint density at radius 3 is 2.35 bits per heavy atom. The summed E-state index contributed by atoms with van der Waals surface area (Å²) in [4.78, 5) is 28.8. The summed E-state index contributed by atoms with van der Waals surface area (Å²) in [5, 5.41) is 0.395. The normalized spacial score (nSPS) is 17.2. The number of rotatable bonds is 2. The predicted molar refractivity (Wildman–Crippen MR) is 90.1 cm³/mol. The van der Waals surface area contributed by atoms with Crippen LogP contribution in [0.1, 0.15) is 23.2 Å². The van der Waals surface area contributed by atoms with E-state index in [2.05, 4.69) is 0 Å². The summed E-state index contributed by atoms with van der Waals surface area (Å²) < 4.78 is 0. The minimum absolute atomic E-state index is 0.0356. The molecule has 1 fully saturated rings. The molecule has 116 valence electrons. The molecule has 2 aliphatic rings. The lowest BCUT2D eigenvalue weighted by Gasteiger charge is -2.36. The molecule has 2 aromatic rings. The minimum atomic E-state index is -0.244. The smallest absolute Gasteiger partial charge is 0.260 e. The van der Waals surface area contributed by atoms with Crippen molar-refractivity contribution < 1.29 is 9.59 Å². The lowest BCUT2D eigenvalue weighted by molar-refractivity contribution is -0.117. The van der Waals surface area contributed by atoms with Crippen LogP contribution in [0.5, 0.6) is 0 Å². The molecule has 0 bridgehead atoms. The van der Waals surface area contributed by atoms with Gasteiger partial charge in [0, 0.05) is 6.04 Å². The van der Waals surface area contributed by atoms with Gasteiger partial charge in [-0.15, -0.1) is 0 Å². The Hall–Kier alpha value is -2.33. The molecule has 2 amide bonds. The van der Waals surface area contributed by atoms with Crippen LogP contribution < -0.4 is 9.80 Å². The summed E-state index contributed by atoms with van der Waals surface area (Å²) >= 11 is 6.15. The van der Waals surface area contributed by atoms with E-state index in [1.807, 2.05) is 29.2 Å². The van der Waals surface area contributed by atoms with Gasteiger partial charge in [0.25, 0.3) is 5.91 Å². The van der Waals surface area contributed by atoms with Crippen molar-refractivity contribution >= 4 is 34.8 Å². The number of hydrogen-bond acceptors (Lipinski definition) is 2. The van der Waals surface area contributed by atoms with Crippen LogP contribution in [0.4, 0.5) is 11.4 Å². The lowest BCUT2D eigenvalue weighted by Crippen LogP contribution is -2.49. The third-order valence-electron chi connectivity index (χ3n) is 4.26. The van der Waals surface area contributed by atoms with Crippen molar-refractivity contribution in [3.05, 3.63) is 59.1 Å². The van der Waals surface area contributed by atoms with Crippen LogP contribution in [0.25, 0.3) is 0 Å². The molecule has 0 unspecified atom stereocenters. The molecule has 0 aromatic heterocycles. The first-order chi connectivity index (χ1) is 11.2. The highest BCUT2D eigenvalue weighted by Gasteiger charge is 2.40. The van der Waals surface area contributed by atoms with E-state index in [-0.39, 0.29) is 24.4 Å². The monoisotopic (exact) mass is 326 g/mol. The van der Waals surface area contributed by atoms with Crippen molar-refractivity contribution in [2.24, 2.45) is 0 Å². The van der Waals surface area contributed by atoms with Crippen molar-refractivity contribution in [2.45, 2.75) is 18.9 Å². The highest BCUT2D eigenvalue weighted by atomic mass is 35.5. The van der Waals surface area contributed by atoms with Crippen molar-refractivity contribution in [2.75, 3.05) is 16.3 Å². The highest BCUT2D eigenvalue weighted by molar-refractivity contribution is 6.35. The number of para-hydroxylation sites is 2. The average Bonchev–Trinajstić information content (AvgIpc) is 3.38. The Labute approximate surface area is 139 Å². The van der Waals surface area contributed by atoms with Gasteiger partial charge in [0.15, 0.2) is 0 Å². The summed E-state index contributed by atoms with van der Waals surface area (Å²) in [6, 6.07) is 14.8. The summed E-state index contributed by atoms with van der Waals surface area (Å²) in [5.41, 5.74) is 1.99. The second-order valence-corrected chi connectivity index (χ2v) is 6.26. The van der Waals surface area contributed by atoms with Crippen molar-refractivity contribution in [3.8, 4) is 0 Å². The third kappa shape index (κ3) is 2.39. The first-order valence-corrected chi connectivity index (χ1v) is 8.02. The molecule has 0 saturated heterocycles. The zero-order valence-electron chi connectivity index (χ0n) is 12.4.